The van der Waals surface area contributed by atoms with Crippen LogP contribution in [0.15, 0.2) is 22.7 Å². The Bertz CT molecular complexity index is 499. The van der Waals surface area contributed by atoms with E-state index in [4.69, 9.17) is 0 Å². The van der Waals surface area contributed by atoms with Gasteiger partial charge in [0.15, 0.2) is 0 Å². The Balaban J connectivity index is 1.93. The van der Waals surface area contributed by atoms with Crippen molar-refractivity contribution in [2.45, 2.75) is 19.8 Å². The fourth-order valence-electron chi connectivity index (χ4n) is 2.37. The van der Waals surface area contributed by atoms with Crippen LogP contribution in [0.4, 0.5) is 4.39 Å². The van der Waals surface area contributed by atoms with Crippen LogP contribution < -0.4 is 5.32 Å². The summed E-state index contributed by atoms with van der Waals surface area (Å²) in [6.07, 6.45) is 2.14. The van der Waals surface area contributed by atoms with Crippen LogP contribution in [0.5, 0.6) is 0 Å². The Morgan fingerprint density at radius 3 is 2.70 bits per heavy atom. The molecule has 5 heteroatoms. The first-order valence-electron chi connectivity index (χ1n) is 6.81. The van der Waals surface area contributed by atoms with Gasteiger partial charge in [0.05, 0.1) is 4.47 Å². The van der Waals surface area contributed by atoms with Crippen LogP contribution in [0, 0.1) is 11.2 Å². The van der Waals surface area contributed by atoms with E-state index in [1.165, 1.54) is 6.07 Å². The highest BCUT2D eigenvalue weighted by molar-refractivity contribution is 9.10. The highest BCUT2D eigenvalue weighted by Gasteiger charge is 2.29. The average molecular weight is 343 g/mol. The molecule has 110 valence electrons. The Labute approximate surface area is 127 Å². The third kappa shape index (κ3) is 3.79. The summed E-state index contributed by atoms with van der Waals surface area (Å²) in [4.78, 5) is 14.4. The van der Waals surface area contributed by atoms with Gasteiger partial charge in [-0.3, -0.25) is 4.79 Å². The van der Waals surface area contributed by atoms with E-state index in [9.17, 15) is 9.18 Å². The number of carbonyl (C=O) groups is 1. The van der Waals surface area contributed by atoms with Gasteiger partial charge >= 0.3 is 0 Å². The van der Waals surface area contributed by atoms with Crippen LogP contribution in [0.3, 0.4) is 0 Å². The van der Waals surface area contributed by atoms with Crippen molar-refractivity contribution in [1.82, 2.24) is 10.2 Å². The van der Waals surface area contributed by atoms with Gasteiger partial charge < -0.3 is 10.2 Å². The van der Waals surface area contributed by atoms with Gasteiger partial charge in [0.2, 0.25) is 0 Å². The summed E-state index contributed by atoms with van der Waals surface area (Å²) in [5.41, 5.74) is 0.498. The number of nitrogens with zero attached hydrogens (tertiary/aromatic N) is 1. The largest absolute Gasteiger partial charge is 0.351 e. The van der Waals surface area contributed by atoms with E-state index in [0.29, 0.717) is 16.6 Å². The van der Waals surface area contributed by atoms with Gasteiger partial charge in [-0.15, -0.1) is 0 Å². The van der Waals surface area contributed by atoms with E-state index < -0.39 is 5.82 Å². The number of hydrogen-bond acceptors (Lipinski definition) is 2. The van der Waals surface area contributed by atoms with E-state index in [2.05, 4.69) is 40.1 Å². The minimum Gasteiger partial charge on any atom is -0.351 e. The Morgan fingerprint density at radius 2 is 2.10 bits per heavy atom. The third-order valence-electron chi connectivity index (χ3n) is 4.05. The molecule has 1 fully saturated rings. The first-order chi connectivity index (χ1) is 9.39. The van der Waals surface area contributed by atoms with Crippen LogP contribution in [-0.4, -0.2) is 37.5 Å². The second kappa shape index (κ2) is 6.22. The number of piperidine rings is 1. The lowest BCUT2D eigenvalue weighted by Gasteiger charge is -2.37. The maximum absolute atomic E-state index is 13.4. The van der Waals surface area contributed by atoms with Crippen LogP contribution in [0.25, 0.3) is 0 Å². The van der Waals surface area contributed by atoms with E-state index in [0.717, 1.165) is 25.9 Å². The molecule has 0 saturated carbocycles. The molecule has 1 aliphatic heterocycles. The maximum Gasteiger partial charge on any atom is 0.251 e. The lowest BCUT2D eigenvalue weighted by molar-refractivity contribution is 0.0891. The zero-order valence-corrected chi connectivity index (χ0v) is 13.5. The van der Waals surface area contributed by atoms with E-state index >= 15 is 0 Å². The lowest BCUT2D eigenvalue weighted by atomic mass is 9.80. The molecule has 1 amide bonds. The van der Waals surface area contributed by atoms with Gasteiger partial charge in [-0.25, -0.2) is 4.39 Å². The first kappa shape index (κ1) is 15.4. The monoisotopic (exact) mass is 342 g/mol. The molecule has 1 heterocycles. The van der Waals surface area contributed by atoms with Gasteiger partial charge in [0, 0.05) is 12.1 Å². The molecule has 0 spiro atoms. The SMILES string of the molecule is CN1CCC(C)(CNC(=O)c2ccc(Br)c(F)c2)CC1. The Hall–Kier alpha value is -0.940. The number of amides is 1. The minimum atomic E-state index is -0.414. The van der Waals surface area contributed by atoms with E-state index in [-0.39, 0.29) is 11.3 Å². The molecule has 1 aromatic carbocycles. The van der Waals surface area contributed by atoms with E-state index in [1.807, 2.05) is 0 Å². The number of hydrogen-bond donors (Lipinski definition) is 1. The molecule has 0 radical (unpaired) electrons. The van der Waals surface area contributed by atoms with Crippen LogP contribution in [-0.2, 0) is 0 Å². The number of likely N-dealkylation sites (tertiary alicyclic amines) is 1. The van der Waals surface area contributed by atoms with Crippen molar-refractivity contribution in [1.29, 1.82) is 0 Å². The molecule has 0 unspecified atom stereocenters. The van der Waals surface area contributed by atoms with Crippen molar-refractivity contribution in [3.8, 4) is 0 Å². The maximum atomic E-state index is 13.4. The van der Waals surface area contributed by atoms with Crippen molar-refractivity contribution in [3.63, 3.8) is 0 Å². The Kier molecular flexibility index (Phi) is 4.81. The molecule has 2 rings (SSSR count). The second-order valence-electron chi connectivity index (χ2n) is 5.93. The molecule has 20 heavy (non-hydrogen) atoms. The molecule has 1 aliphatic rings. The van der Waals surface area contributed by atoms with Crippen molar-refractivity contribution < 1.29 is 9.18 Å². The molecule has 0 bridgehead atoms. The van der Waals surface area contributed by atoms with E-state index in [1.54, 1.807) is 12.1 Å². The summed E-state index contributed by atoms with van der Waals surface area (Å²) in [5.74, 6) is -0.625. The number of halogens is 2. The highest BCUT2D eigenvalue weighted by Crippen LogP contribution is 2.29. The topological polar surface area (TPSA) is 32.3 Å². The van der Waals surface area contributed by atoms with Crippen molar-refractivity contribution in [2.75, 3.05) is 26.7 Å². The quantitative estimate of drug-likeness (QED) is 0.915. The van der Waals surface area contributed by atoms with Crippen molar-refractivity contribution in [2.24, 2.45) is 5.41 Å². The van der Waals surface area contributed by atoms with Crippen molar-refractivity contribution >= 4 is 21.8 Å². The standard InChI is InChI=1S/C15H20BrFN2O/c1-15(5-7-19(2)8-6-15)10-18-14(20)11-3-4-12(16)13(17)9-11/h3-4,9H,5-8,10H2,1-2H3,(H,18,20). The zero-order valence-electron chi connectivity index (χ0n) is 11.9. The number of nitrogens with one attached hydrogen (secondary N) is 1. The molecule has 3 nitrogen and oxygen atoms in total. The van der Waals surface area contributed by atoms with Crippen molar-refractivity contribution in [3.05, 3.63) is 34.1 Å². The fraction of sp³-hybridized carbons (Fsp3) is 0.533. The molecule has 0 atom stereocenters. The Morgan fingerprint density at radius 1 is 1.45 bits per heavy atom. The molecule has 1 N–H and O–H groups in total. The smallest absolute Gasteiger partial charge is 0.251 e. The third-order valence-corrected chi connectivity index (χ3v) is 4.69. The van der Waals surface area contributed by atoms with Crippen LogP contribution >= 0.6 is 15.9 Å². The minimum absolute atomic E-state index is 0.135. The molecule has 1 aromatic rings. The second-order valence-corrected chi connectivity index (χ2v) is 6.78. The average Bonchev–Trinajstić information content (AvgIpc) is 2.43. The predicted octanol–water partition coefficient (Wildman–Crippen LogP) is 3.05. The molecule has 1 saturated heterocycles. The number of benzene rings is 1. The summed E-state index contributed by atoms with van der Waals surface area (Å²) in [6, 6.07) is 4.44. The number of carbonyl (C=O) groups excluding carboxylic acids is 1. The highest BCUT2D eigenvalue weighted by atomic mass is 79.9. The first-order valence-corrected chi connectivity index (χ1v) is 7.61. The van der Waals surface area contributed by atoms with Gasteiger partial charge in [-0.1, -0.05) is 6.92 Å². The summed E-state index contributed by atoms with van der Waals surface area (Å²) < 4.78 is 13.8. The summed E-state index contributed by atoms with van der Waals surface area (Å²) in [6.45, 7) is 4.94. The molecule has 0 aliphatic carbocycles. The number of rotatable bonds is 3. The predicted molar refractivity (Wildman–Crippen MR) is 81.3 cm³/mol. The van der Waals surface area contributed by atoms with Gasteiger partial charge in [-0.05, 0) is 72.5 Å². The summed E-state index contributed by atoms with van der Waals surface area (Å²) >= 11 is 3.08. The van der Waals surface area contributed by atoms with Gasteiger partial charge in [0.25, 0.3) is 5.91 Å². The summed E-state index contributed by atoms with van der Waals surface area (Å²) in [7, 11) is 2.11. The zero-order chi connectivity index (χ0) is 14.8. The molecular formula is C15H20BrFN2O. The summed E-state index contributed by atoms with van der Waals surface area (Å²) in [5, 5.41) is 2.93. The lowest BCUT2D eigenvalue weighted by Crippen LogP contribution is -2.43. The normalized spacial score (nSPS) is 18.8. The molecule has 0 aromatic heterocycles. The molecular weight excluding hydrogens is 323 g/mol. The van der Waals surface area contributed by atoms with Gasteiger partial charge in [-0.2, -0.15) is 0 Å². The van der Waals surface area contributed by atoms with Crippen LogP contribution in [0.1, 0.15) is 30.1 Å². The fourth-order valence-corrected chi connectivity index (χ4v) is 2.61. The van der Waals surface area contributed by atoms with Gasteiger partial charge in [0.1, 0.15) is 5.82 Å². The van der Waals surface area contributed by atoms with Crippen LogP contribution in [0.2, 0.25) is 0 Å².